The van der Waals surface area contributed by atoms with Crippen LogP contribution in [0.4, 0.5) is 5.69 Å². The fourth-order valence-corrected chi connectivity index (χ4v) is 2.41. The van der Waals surface area contributed by atoms with Crippen LogP contribution in [0.2, 0.25) is 0 Å². The number of ketones is 1. The average molecular weight is 327 g/mol. The molecule has 0 bridgehead atoms. The predicted molar refractivity (Wildman–Crippen MR) is 93.3 cm³/mol. The van der Waals surface area contributed by atoms with Crippen molar-refractivity contribution < 1.29 is 19.1 Å². The third-order valence-electron chi connectivity index (χ3n) is 3.78. The molecule has 2 rings (SSSR count). The molecule has 1 N–H and O–H groups in total. The second-order valence-corrected chi connectivity index (χ2v) is 5.31. The molecular weight excluding hydrogens is 306 g/mol. The zero-order valence-electron chi connectivity index (χ0n) is 14.3. The van der Waals surface area contributed by atoms with E-state index in [9.17, 15) is 9.59 Å². The smallest absolute Gasteiger partial charge is 0.256 e. The second-order valence-electron chi connectivity index (χ2n) is 5.31. The molecule has 2 aromatic rings. The highest BCUT2D eigenvalue weighted by molar-refractivity contribution is 6.06. The maximum Gasteiger partial charge on any atom is 0.256 e. The summed E-state index contributed by atoms with van der Waals surface area (Å²) in [7, 11) is 3.10. The Morgan fingerprint density at radius 1 is 1.00 bits per heavy atom. The third-order valence-corrected chi connectivity index (χ3v) is 3.78. The van der Waals surface area contributed by atoms with E-state index >= 15 is 0 Å². The van der Waals surface area contributed by atoms with Gasteiger partial charge in [0.15, 0.2) is 17.3 Å². The van der Waals surface area contributed by atoms with Gasteiger partial charge in [0.1, 0.15) is 0 Å². The normalized spacial score (nSPS) is 10.2. The number of amides is 1. The topological polar surface area (TPSA) is 64.6 Å². The van der Waals surface area contributed by atoms with Crippen molar-refractivity contribution in [3.05, 3.63) is 53.1 Å². The van der Waals surface area contributed by atoms with Crippen LogP contribution in [0.15, 0.2) is 36.4 Å². The molecule has 24 heavy (non-hydrogen) atoms. The summed E-state index contributed by atoms with van der Waals surface area (Å²) < 4.78 is 10.6. The minimum Gasteiger partial charge on any atom is -0.493 e. The summed E-state index contributed by atoms with van der Waals surface area (Å²) in [6, 6.07) is 10.3. The van der Waals surface area contributed by atoms with Crippen molar-refractivity contribution in [1.29, 1.82) is 0 Å². The van der Waals surface area contributed by atoms with E-state index in [1.807, 2.05) is 13.0 Å². The molecule has 5 heteroatoms. The number of aryl methyl sites for hydroxylation is 1. The largest absolute Gasteiger partial charge is 0.493 e. The van der Waals surface area contributed by atoms with Gasteiger partial charge in [0.25, 0.3) is 5.91 Å². The van der Waals surface area contributed by atoms with Crippen molar-refractivity contribution in [3.8, 4) is 11.5 Å². The first-order valence-electron chi connectivity index (χ1n) is 7.67. The average Bonchev–Trinajstić information content (AvgIpc) is 2.60. The Balaban J connectivity index is 2.30. The van der Waals surface area contributed by atoms with Crippen molar-refractivity contribution in [2.75, 3.05) is 19.5 Å². The number of methoxy groups -OCH3 is 2. The van der Waals surface area contributed by atoms with Crippen LogP contribution in [0.5, 0.6) is 11.5 Å². The molecular formula is C19H21NO4. The van der Waals surface area contributed by atoms with Gasteiger partial charge < -0.3 is 14.8 Å². The van der Waals surface area contributed by atoms with E-state index in [1.165, 1.54) is 14.0 Å². The van der Waals surface area contributed by atoms with Crippen molar-refractivity contribution in [2.45, 2.75) is 20.3 Å². The van der Waals surface area contributed by atoms with Gasteiger partial charge >= 0.3 is 0 Å². The summed E-state index contributed by atoms with van der Waals surface area (Å²) >= 11 is 0. The molecule has 0 radical (unpaired) electrons. The molecule has 0 unspecified atom stereocenters. The molecule has 0 atom stereocenters. The molecule has 0 aromatic heterocycles. The Bertz CT molecular complexity index is 751. The molecule has 0 saturated carbocycles. The van der Waals surface area contributed by atoms with Crippen LogP contribution >= 0.6 is 0 Å². The van der Waals surface area contributed by atoms with Crippen LogP contribution in [0.3, 0.4) is 0 Å². The Labute approximate surface area is 141 Å². The Kier molecular flexibility index (Phi) is 5.58. The Morgan fingerprint density at radius 3 is 2.08 bits per heavy atom. The fourth-order valence-electron chi connectivity index (χ4n) is 2.41. The fraction of sp³-hybridized carbons (Fsp3) is 0.263. The first-order valence-corrected chi connectivity index (χ1v) is 7.67. The summed E-state index contributed by atoms with van der Waals surface area (Å²) in [4.78, 5) is 23.9. The van der Waals surface area contributed by atoms with Gasteiger partial charge in [0.05, 0.1) is 14.2 Å². The summed E-state index contributed by atoms with van der Waals surface area (Å²) in [5, 5.41) is 2.84. The zero-order valence-corrected chi connectivity index (χ0v) is 14.3. The molecule has 0 heterocycles. The zero-order chi connectivity index (χ0) is 17.7. The quantitative estimate of drug-likeness (QED) is 0.821. The van der Waals surface area contributed by atoms with Gasteiger partial charge in [0.2, 0.25) is 0 Å². The summed E-state index contributed by atoms with van der Waals surface area (Å²) in [5.41, 5.74) is 2.63. The van der Waals surface area contributed by atoms with E-state index in [-0.39, 0.29) is 11.7 Å². The highest BCUT2D eigenvalue weighted by Crippen LogP contribution is 2.31. The van der Waals surface area contributed by atoms with Crippen LogP contribution < -0.4 is 14.8 Å². The van der Waals surface area contributed by atoms with Crippen LogP contribution in [0.25, 0.3) is 0 Å². The highest BCUT2D eigenvalue weighted by Gasteiger charge is 2.16. The van der Waals surface area contributed by atoms with Crippen LogP contribution in [-0.2, 0) is 6.42 Å². The third kappa shape index (κ3) is 3.74. The Morgan fingerprint density at radius 2 is 1.58 bits per heavy atom. The number of carbonyl (C=O) groups excluding carboxylic acids is 2. The minimum absolute atomic E-state index is 0.0129. The molecule has 1 amide bonds. The van der Waals surface area contributed by atoms with Crippen LogP contribution in [0, 0.1) is 0 Å². The number of anilines is 1. The number of ether oxygens (including phenoxy) is 2. The van der Waals surface area contributed by atoms with Gasteiger partial charge in [-0.2, -0.15) is 0 Å². The summed E-state index contributed by atoms with van der Waals surface area (Å²) in [6.45, 7) is 3.48. The minimum atomic E-state index is -0.233. The van der Waals surface area contributed by atoms with Gasteiger partial charge in [-0.25, -0.2) is 0 Å². The van der Waals surface area contributed by atoms with Gasteiger partial charge in [-0.05, 0) is 55.3 Å². The number of carbonyl (C=O) groups is 2. The molecule has 5 nitrogen and oxygen atoms in total. The molecule has 0 aliphatic heterocycles. The monoisotopic (exact) mass is 327 g/mol. The first kappa shape index (κ1) is 17.5. The SMILES string of the molecule is CCc1cc(OC)c(OC)cc1C(=O)Nc1ccc(C(C)=O)cc1. The van der Waals surface area contributed by atoms with Crippen molar-refractivity contribution in [3.63, 3.8) is 0 Å². The van der Waals surface area contributed by atoms with E-state index in [1.54, 1.807) is 37.4 Å². The number of rotatable bonds is 6. The molecule has 2 aromatic carbocycles. The van der Waals surface area contributed by atoms with E-state index in [0.717, 1.165) is 5.56 Å². The molecule has 0 spiro atoms. The lowest BCUT2D eigenvalue weighted by Crippen LogP contribution is -2.14. The van der Waals surface area contributed by atoms with E-state index in [4.69, 9.17) is 9.47 Å². The van der Waals surface area contributed by atoms with Gasteiger partial charge in [-0.15, -0.1) is 0 Å². The van der Waals surface area contributed by atoms with Gasteiger partial charge in [-0.1, -0.05) is 6.92 Å². The van der Waals surface area contributed by atoms with E-state index in [2.05, 4.69) is 5.32 Å². The second kappa shape index (κ2) is 7.64. The number of hydrogen-bond acceptors (Lipinski definition) is 4. The molecule has 0 saturated heterocycles. The molecule has 0 fully saturated rings. The molecule has 0 aliphatic carbocycles. The number of nitrogens with one attached hydrogen (secondary N) is 1. The Hall–Kier alpha value is -2.82. The number of Topliss-reactive ketones (excluding diaryl/α,β-unsaturated/α-hetero) is 1. The first-order chi connectivity index (χ1) is 11.5. The maximum absolute atomic E-state index is 12.6. The van der Waals surface area contributed by atoms with E-state index in [0.29, 0.717) is 34.7 Å². The summed E-state index contributed by atoms with van der Waals surface area (Å²) in [6.07, 6.45) is 0.687. The maximum atomic E-state index is 12.6. The lowest BCUT2D eigenvalue weighted by molar-refractivity contribution is 0.101. The van der Waals surface area contributed by atoms with Crippen molar-refractivity contribution >= 4 is 17.4 Å². The lowest BCUT2D eigenvalue weighted by atomic mass is 10.0. The molecule has 0 aliphatic rings. The van der Waals surface area contributed by atoms with E-state index < -0.39 is 0 Å². The number of hydrogen-bond donors (Lipinski definition) is 1. The highest BCUT2D eigenvalue weighted by atomic mass is 16.5. The number of benzene rings is 2. The van der Waals surface area contributed by atoms with Crippen molar-refractivity contribution in [2.24, 2.45) is 0 Å². The van der Waals surface area contributed by atoms with Crippen LogP contribution in [0.1, 0.15) is 40.1 Å². The standard InChI is InChI=1S/C19H21NO4/c1-5-13-10-17(23-3)18(24-4)11-16(13)19(22)20-15-8-6-14(7-9-15)12(2)21/h6-11H,5H2,1-4H3,(H,20,22). The van der Waals surface area contributed by atoms with Crippen molar-refractivity contribution in [1.82, 2.24) is 0 Å². The summed E-state index contributed by atoms with van der Waals surface area (Å²) in [5.74, 6) is 0.855. The van der Waals surface area contributed by atoms with Gasteiger partial charge in [-0.3, -0.25) is 9.59 Å². The van der Waals surface area contributed by atoms with Gasteiger partial charge in [0, 0.05) is 16.8 Å². The van der Waals surface area contributed by atoms with Crippen LogP contribution in [-0.4, -0.2) is 25.9 Å². The lowest BCUT2D eigenvalue weighted by Gasteiger charge is -2.14. The predicted octanol–water partition coefficient (Wildman–Crippen LogP) is 3.72. The molecule has 126 valence electrons.